The van der Waals surface area contributed by atoms with E-state index in [0.717, 1.165) is 0 Å². The molecule has 1 aromatic rings. The quantitative estimate of drug-likeness (QED) is 0.816. The van der Waals surface area contributed by atoms with Crippen molar-refractivity contribution in [3.05, 3.63) is 29.8 Å². The van der Waals surface area contributed by atoms with Crippen molar-refractivity contribution >= 4 is 23.5 Å². The number of hydrogen-bond donors (Lipinski definition) is 1. The second-order valence-corrected chi connectivity index (χ2v) is 5.18. The minimum atomic E-state index is -0.460. The number of methoxy groups -OCH3 is 1. The molecule has 1 N–H and O–H groups in total. The van der Waals surface area contributed by atoms with Gasteiger partial charge < -0.3 is 15.0 Å². The van der Waals surface area contributed by atoms with E-state index < -0.39 is 5.97 Å². The van der Waals surface area contributed by atoms with Crippen LogP contribution in [0.25, 0.3) is 0 Å². The third-order valence-corrected chi connectivity index (χ3v) is 3.18. The highest BCUT2D eigenvalue weighted by molar-refractivity contribution is 5.94. The Morgan fingerprint density at radius 1 is 1.27 bits per heavy atom. The SMILES string of the molecule is COC(=O)c1cccc(NC(=O)CCN(C(C)=O)C(C)C)c1. The molecule has 0 aromatic heterocycles. The molecule has 6 nitrogen and oxygen atoms in total. The molecule has 0 radical (unpaired) electrons. The zero-order valence-electron chi connectivity index (χ0n) is 13.4. The summed E-state index contributed by atoms with van der Waals surface area (Å²) in [5.74, 6) is -0.733. The lowest BCUT2D eigenvalue weighted by atomic mass is 10.2. The van der Waals surface area contributed by atoms with E-state index in [-0.39, 0.29) is 24.3 Å². The number of amides is 2. The molecular weight excluding hydrogens is 284 g/mol. The van der Waals surface area contributed by atoms with Gasteiger partial charge in [0, 0.05) is 31.6 Å². The van der Waals surface area contributed by atoms with Crippen LogP contribution in [0.4, 0.5) is 5.69 Å². The number of hydrogen-bond acceptors (Lipinski definition) is 4. The van der Waals surface area contributed by atoms with Gasteiger partial charge in [-0.05, 0) is 32.0 Å². The Morgan fingerprint density at radius 3 is 2.50 bits per heavy atom. The molecule has 120 valence electrons. The van der Waals surface area contributed by atoms with Crippen LogP contribution in [-0.4, -0.2) is 42.4 Å². The van der Waals surface area contributed by atoms with E-state index in [0.29, 0.717) is 17.8 Å². The highest BCUT2D eigenvalue weighted by Gasteiger charge is 2.14. The predicted octanol–water partition coefficient (Wildman–Crippen LogP) is 2.06. The summed E-state index contributed by atoms with van der Waals surface area (Å²) >= 11 is 0. The Labute approximate surface area is 130 Å². The van der Waals surface area contributed by atoms with Crippen LogP contribution >= 0.6 is 0 Å². The first-order valence-corrected chi connectivity index (χ1v) is 7.10. The summed E-state index contributed by atoms with van der Waals surface area (Å²) in [4.78, 5) is 36.5. The van der Waals surface area contributed by atoms with Gasteiger partial charge in [0.1, 0.15) is 0 Å². The van der Waals surface area contributed by atoms with Crippen molar-refractivity contribution in [3.8, 4) is 0 Å². The fraction of sp³-hybridized carbons (Fsp3) is 0.438. The number of ether oxygens (including phenoxy) is 1. The molecule has 0 saturated carbocycles. The summed E-state index contributed by atoms with van der Waals surface area (Å²) in [5.41, 5.74) is 0.889. The maximum atomic E-state index is 11.9. The van der Waals surface area contributed by atoms with Crippen molar-refractivity contribution in [2.24, 2.45) is 0 Å². The summed E-state index contributed by atoms with van der Waals surface area (Å²) in [6.45, 7) is 5.64. The van der Waals surface area contributed by atoms with Crippen LogP contribution in [0, 0.1) is 0 Å². The van der Waals surface area contributed by atoms with E-state index in [2.05, 4.69) is 10.1 Å². The number of carbonyl (C=O) groups is 3. The van der Waals surface area contributed by atoms with Crippen LogP contribution < -0.4 is 5.32 Å². The van der Waals surface area contributed by atoms with Crippen LogP contribution in [-0.2, 0) is 14.3 Å². The van der Waals surface area contributed by atoms with Crippen LogP contribution in [0.15, 0.2) is 24.3 Å². The van der Waals surface area contributed by atoms with Gasteiger partial charge in [0.05, 0.1) is 12.7 Å². The molecule has 0 fully saturated rings. The lowest BCUT2D eigenvalue weighted by molar-refractivity contribution is -0.130. The summed E-state index contributed by atoms with van der Waals surface area (Å²) < 4.78 is 4.63. The van der Waals surface area contributed by atoms with Crippen LogP contribution in [0.2, 0.25) is 0 Å². The van der Waals surface area contributed by atoms with E-state index in [1.807, 2.05) is 13.8 Å². The molecule has 0 spiro atoms. The zero-order chi connectivity index (χ0) is 16.7. The zero-order valence-corrected chi connectivity index (χ0v) is 13.4. The van der Waals surface area contributed by atoms with Crippen molar-refractivity contribution in [2.75, 3.05) is 19.0 Å². The highest BCUT2D eigenvalue weighted by Crippen LogP contribution is 2.12. The third kappa shape index (κ3) is 5.20. The monoisotopic (exact) mass is 306 g/mol. The smallest absolute Gasteiger partial charge is 0.337 e. The summed E-state index contributed by atoms with van der Waals surface area (Å²) in [5, 5.41) is 2.71. The number of nitrogens with zero attached hydrogens (tertiary/aromatic N) is 1. The Balaban J connectivity index is 2.62. The minimum absolute atomic E-state index is 0.0490. The van der Waals surface area contributed by atoms with Crippen LogP contribution in [0.1, 0.15) is 37.6 Å². The Bertz CT molecular complexity index is 555. The molecule has 0 bridgehead atoms. The molecule has 0 aliphatic carbocycles. The maximum absolute atomic E-state index is 11.9. The van der Waals surface area contributed by atoms with Gasteiger partial charge in [-0.25, -0.2) is 4.79 Å². The molecule has 0 aliphatic heterocycles. The Hall–Kier alpha value is -2.37. The van der Waals surface area contributed by atoms with E-state index in [1.165, 1.54) is 14.0 Å². The molecule has 1 rings (SSSR count). The standard InChI is InChI=1S/C16H22N2O4/c1-11(2)18(12(3)19)9-8-15(20)17-14-7-5-6-13(10-14)16(21)22-4/h5-7,10-11H,8-9H2,1-4H3,(H,17,20). The predicted molar refractivity (Wildman–Crippen MR) is 83.6 cm³/mol. The molecule has 0 heterocycles. The average molecular weight is 306 g/mol. The molecule has 0 aliphatic rings. The van der Waals surface area contributed by atoms with E-state index in [1.54, 1.807) is 29.2 Å². The molecule has 0 unspecified atom stereocenters. The number of esters is 1. The van der Waals surface area contributed by atoms with Crippen LogP contribution in [0.5, 0.6) is 0 Å². The number of benzene rings is 1. The van der Waals surface area contributed by atoms with Gasteiger partial charge in [-0.2, -0.15) is 0 Å². The van der Waals surface area contributed by atoms with Crippen LogP contribution in [0.3, 0.4) is 0 Å². The number of carbonyl (C=O) groups excluding carboxylic acids is 3. The number of nitrogens with one attached hydrogen (secondary N) is 1. The summed E-state index contributed by atoms with van der Waals surface area (Å²) in [6, 6.07) is 6.56. The lowest BCUT2D eigenvalue weighted by Gasteiger charge is -2.24. The van der Waals surface area contributed by atoms with Gasteiger partial charge in [0.2, 0.25) is 11.8 Å². The second-order valence-electron chi connectivity index (χ2n) is 5.18. The Morgan fingerprint density at radius 2 is 1.95 bits per heavy atom. The molecular formula is C16H22N2O4. The van der Waals surface area contributed by atoms with Crippen molar-refractivity contribution in [1.29, 1.82) is 0 Å². The van der Waals surface area contributed by atoms with Gasteiger partial charge in [0.15, 0.2) is 0 Å². The molecule has 6 heteroatoms. The van der Waals surface area contributed by atoms with E-state index in [9.17, 15) is 14.4 Å². The summed E-state index contributed by atoms with van der Waals surface area (Å²) in [7, 11) is 1.30. The fourth-order valence-corrected chi connectivity index (χ4v) is 2.07. The molecule has 0 saturated heterocycles. The Kier molecular flexibility index (Phi) is 6.56. The topological polar surface area (TPSA) is 75.7 Å². The van der Waals surface area contributed by atoms with Gasteiger partial charge >= 0.3 is 5.97 Å². The molecule has 22 heavy (non-hydrogen) atoms. The normalized spacial score (nSPS) is 10.2. The van der Waals surface area contributed by atoms with Crippen molar-refractivity contribution in [3.63, 3.8) is 0 Å². The average Bonchev–Trinajstić information content (AvgIpc) is 2.46. The van der Waals surface area contributed by atoms with Gasteiger partial charge in [-0.1, -0.05) is 6.07 Å². The third-order valence-electron chi connectivity index (χ3n) is 3.18. The molecule has 1 aromatic carbocycles. The highest BCUT2D eigenvalue weighted by atomic mass is 16.5. The van der Waals surface area contributed by atoms with E-state index in [4.69, 9.17) is 0 Å². The number of anilines is 1. The maximum Gasteiger partial charge on any atom is 0.337 e. The second kappa shape index (κ2) is 8.17. The molecule has 0 atom stereocenters. The molecule has 2 amide bonds. The van der Waals surface area contributed by atoms with Crippen molar-refractivity contribution in [1.82, 2.24) is 4.90 Å². The summed E-state index contributed by atoms with van der Waals surface area (Å²) in [6.07, 6.45) is 0.195. The van der Waals surface area contributed by atoms with Crippen molar-refractivity contribution < 1.29 is 19.1 Å². The van der Waals surface area contributed by atoms with Gasteiger partial charge in [-0.15, -0.1) is 0 Å². The first-order chi connectivity index (χ1) is 10.3. The first-order valence-electron chi connectivity index (χ1n) is 7.10. The largest absolute Gasteiger partial charge is 0.465 e. The number of rotatable bonds is 6. The van der Waals surface area contributed by atoms with Gasteiger partial charge in [0.25, 0.3) is 0 Å². The lowest BCUT2D eigenvalue weighted by Crippen LogP contribution is -2.37. The fourth-order valence-electron chi connectivity index (χ4n) is 2.07. The minimum Gasteiger partial charge on any atom is -0.465 e. The van der Waals surface area contributed by atoms with Gasteiger partial charge in [-0.3, -0.25) is 9.59 Å². The van der Waals surface area contributed by atoms with E-state index >= 15 is 0 Å². The first kappa shape index (κ1) is 17.7. The van der Waals surface area contributed by atoms with Crippen molar-refractivity contribution in [2.45, 2.75) is 33.2 Å².